The van der Waals surface area contributed by atoms with E-state index in [2.05, 4.69) is 22.9 Å². The zero-order valence-electron chi connectivity index (χ0n) is 28.9. The number of amides is 4. The highest BCUT2D eigenvalue weighted by Crippen LogP contribution is 2.14. The number of primary amides is 1. The van der Waals surface area contributed by atoms with Gasteiger partial charge in [0.25, 0.3) is 0 Å². The molecule has 0 aliphatic heterocycles. The molecule has 0 bridgehead atoms. The second-order valence-electron chi connectivity index (χ2n) is 12.9. The van der Waals surface area contributed by atoms with Crippen molar-refractivity contribution in [2.75, 3.05) is 0 Å². The summed E-state index contributed by atoms with van der Waals surface area (Å²) in [6.45, 7) is 3.59. The number of aliphatic hydroxyl groups is 1. The maximum atomic E-state index is 13.5. The number of carbonyl (C=O) groups excluding carboxylic acids is 4. The van der Waals surface area contributed by atoms with Crippen LogP contribution < -0.4 is 21.7 Å². The standard InChI is InChI=1S/C38H58N4O6/c1-3-4-5-6-7-8-9-10-11-12-13-14-18-21-34(45)40-33(27-29-19-16-15-17-20-29)37(47)42-35(28(2)43)38(48)41-32(36(39)46)26-30-22-24-31(44)25-23-30/h15-17,19-20,22-25,28,32-33,35,43-44H,3-14,18,21,26-27H2,1-2H3,(H2,39,46)(H,40,45)(H,41,48)(H,42,47)/t28-,32+,33+,35+/m1/s1. The first-order valence-electron chi connectivity index (χ1n) is 17.8. The van der Waals surface area contributed by atoms with Gasteiger partial charge in [0.1, 0.15) is 23.9 Å². The predicted octanol–water partition coefficient (Wildman–Crippen LogP) is 4.98. The smallest absolute Gasteiger partial charge is 0.245 e. The summed E-state index contributed by atoms with van der Waals surface area (Å²) in [6, 6.07) is 11.8. The van der Waals surface area contributed by atoms with Crippen LogP contribution in [0.4, 0.5) is 0 Å². The quantitative estimate of drug-likeness (QED) is 0.0817. The van der Waals surface area contributed by atoms with Gasteiger partial charge in [0.2, 0.25) is 23.6 Å². The lowest BCUT2D eigenvalue weighted by Crippen LogP contribution is -2.60. The Labute approximate surface area is 286 Å². The number of aliphatic hydroxyl groups excluding tert-OH is 1. The van der Waals surface area contributed by atoms with Crippen LogP contribution in [0, 0.1) is 0 Å². The van der Waals surface area contributed by atoms with E-state index >= 15 is 0 Å². The van der Waals surface area contributed by atoms with Crippen molar-refractivity contribution >= 4 is 23.6 Å². The van der Waals surface area contributed by atoms with Gasteiger partial charge in [-0.15, -0.1) is 0 Å². The summed E-state index contributed by atoms with van der Waals surface area (Å²) < 4.78 is 0. The largest absolute Gasteiger partial charge is 0.508 e. The molecule has 0 heterocycles. The Hall–Kier alpha value is -3.92. The molecule has 7 N–H and O–H groups in total. The Morgan fingerprint density at radius 1 is 0.646 bits per heavy atom. The first-order valence-corrected chi connectivity index (χ1v) is 17.8. The third-order valence-electron chi connectivity index (χ3n) is 8.54. The molecule has 2 aromatic rings. The number of unbranched alkanes of at least 4 members (excludes halogenated alkanes) is 12. The number of phenols is 1. The number of aromatic hydroxyl groups is 1. The molecule has 0 aromatic heterocycles. The highest BCUT2D eigenvalue weighted by atomic mass is 16.3. The first-order chi connectivity index (χ1) is 23.1. The normalized spacial score (nSPS) is 13.6. The zero-order valence-corrected chi connectivity index (χ0v) is 28.9. The van der Waals surface area contributed by atoms with Crippen molar-refractivity contribution in [1.82, 2.24) is 16.0 Å². The van der Waals surface area contributed by atoms with Gasteiger partial charge in [0.15, 0.2) is 0 Å². The molecule has 0 saturated heterocycles. The van der Waals surface area contributed by atoms with Gasteiger partial charge in [-0.3, -0.25) is 19.2 Å². The number of nitrogens with one attached hydrogen (secondary N) is 3. The molecule has 0 radical (unpaired) electrons. The van der Waals surface area contributed by atoms with Crippen molar-refractivity contribution in [2.45, 2.75) is 141 Å². The van der Waals surface area contributed by atoms with Crippen LogP contribution in [0.3, 0.4) is 0 Å². The molecule has 266 valence electrons. The summed E-state index contributed by atoms with van der Waals surface area (Å²) in [5.74, 6) is -2.42. The van der Waals surface area contributed by atoms with E-state index in [1.165, 1.54) is 76.8 Å². The lowest BCUT2D eigenvalue weighted by molar-refractivity contribution is -0.135. The van der Waals surface area contributed by atoms with E-state index in [1.54, 1.807) is 12.1 Å². The Kier molecular flexibility index (Phi) is 19.6. The molecule has 0 unspecified atom stereocenters. The summed E-state index contributed by atoms with van der Waals surface area (Å²) >= 11 is 0. The highest BCUT2D eigenvalue weighted by molar-refractivity contribution is 5.94. The molecule has 4 amide bonds. The molecule has 0 saturated carbocycles. The summed E-state index contributed by atoms with van der Waals surface area (Å²) in [7, 11) is 0. The van der Waals surface area contributed by atoms with E-state index in [1.807, 2.05) is 30.3 Å². The number of phenolic OH excluding ortho intramolecular Hbond substituents is 1. The number of rotatable bonds is 25. The van der Waals surface area contributed by atoms with E-state index in [9.17, 15) is 29.4 Å². The van der Waals surface area contributed by atoms with Crippen LogP contribution >= 0.6 is 0 Å². The van der Waals surface area contributed by atoms with Gasteiger partial charge in [-0.25, -0.2) is 0 Å². The average Bonchev–Trinajstić information content (AvgIpc) is 3.06. The molecule has 2 aromatic carbocycles. The van der Waals surface area contributed by atoms with E-state index < -0.39 is 42.0 Å². The number of nitrogens with two attached hydrogens (primary N) is 1. The minimum atomic E-state index is -1.41. The number of carbonyl (C=O) groups is 4. The number of benzene rings is 2. The molecule has 2 rings (SSSR count). The van der Waals surface area contributed by atoms with Gasteiger partial charge in [0, 0.05) is 19.3 Å². The van der Waals surface area contributed by atoms with Crippen molar-refractivity contribution < 1.29 is 29.4 Å². The Morgan fingerprint density at radius 3 is 1.67 bits per heavy atom. The molecule has 4 atom stereocenters. The molecular formula is C38H58N4O6. The first kappa shape index (κ1) is 40.3. The maximum Gasteiger partial charge on any atom is 0.245 e. The van der Waals surface area contributed by atoms with Gasteiger partial charge in [0.05, 0.1) is 6.10 Å². The van der Waals surface area contributed by atoms with E-state index in [0.717, 1.165) is 31.2 Å². The van der Waals surface area contributed by atoms with E-state index in [4.69, 9.17) is 5.73 Å². The molecule has 10 nitrogen and oxygen atoms in total. The number of hydrogen-bond acceptors (Lipinski definition) is 6. The zero-order chi connectivity index (χ0) is 35.1. The Morgan fingerprint density at radius 2 is 1.15 bits per heavy atom. The van der Waals surface area contributed by atoms with Crippen LogP contribution in [0.5, 0.6) is 5.75 Å². The highest BCUT2D eigenvalue weighted by Gasteiger charge is 2.32. The molecule has 0 aliphatic carbocycles. The van der Waals surface area contributed by atoms with E-state index in [0.29, 0.717) is 5.56 Å². The molecule has 10 heteroatoms. The Balaban J connectivity index is 1.89. The minimum Gasteiger partial charge on any atom is -0.508 e. The topological polar surface area (TPSA) is 171 Å². The summed E-state index contributed by atoms with van der Waals surface area (Å²) in [6.07, 6.45) is 14.9. The lowest BCUT2D eigenvalue weighted by atomic mass is 10.0. The SMILES string of the molecule is CCCCCCCCCCCCCCCC(=O)N[C@@H](Cc1ccccc1)C(=O)N[C@H](C(=O)N[C@@H](Cc1ccc(O)cc1)C(N)=O)[C@@H](C)O. The van der Waals surface area contributed by atoms with Crippen molar-refractivity contribution in [2.24, 2.45) is 5.73 Å². The van der Waals surface area contributed by atoms with Crippen LogP contribution in [0.1, 0.15) is 115 Å². The van der Waals surface area contributed by atoms with Gasteiger partial charge in [-0.05, 0) is 36.6 Å². The second kappa shape index (κ2) is 23.4. The fourth-order valence-corrected chi connectivity index (χ4v) is 5.64. The monoisotopic (exact) mass is 666 g/mol. The summed E-state index contributed by atoms with van der Waals surface area (Å²) in [5, 5.41) is 27.9. The third-order valence-corrected chi connectivity index (χ3v) is 8.54. The van der Waals surface area contributed by atoms with Crippen LogP contribution in [0.25, 0.3) is 0 Å². The van der Waals surface area contributed by atoms with Gasteiger partial charge in [-0.1, -0.05) is 126 Å². The predicted molar refractivity (Wildman–Crippen MR) is 189 cm³/mol. The van der Waals surface area contributed by atoms with Crippen molar-refractivity contribution in [3.05, 3.63) is 65.7 Å². The molecule has 0 spiro atoms. The maximum absolute atomic E-state index is 13.5. The van der Waals surface area contributed by atoms with E-state index in [-0.39, 0.29) is 30.9 Å². The molecule has 0 fully saturated rings. The van der Waals surface area contributed by atoms with Gasteiger partial charge in [-0.2, -0.15) is 0 Å². The van der Waals surface area contributed by atoms with Crippen LogP contribution in [-0.4, -0.2) is 58.1 Å². The number of hydrogen-bond donors (Lipinski definition) is 6. The third kappa shape index (κ3) is 16.8. The van der Waals surface area contributed by atoms with Crippen molar-refractivity contribution in [1.29, 1.82) is 0 Å². The van der Waals surface area contributed by atoms with Gasteiger partial charge < -0.3 is 31.9 Å². The molecule has 48 heavy (non-hydrogen) atoms. The molecule has 0 aliphatic rings. The second-order valence-corrected chi connectivity index (χ2v) is 12.9. The van der Waals surface area contributed by atoms with Crippen molar-refractivity contribution in [3.63, 3.8) is 0 Å². The Bertz CT molecular complexity index is 1220. The van der Waals surface area contributed by atoms with Crippen LogP contribution in [-0.2, 0) is 32.0 Å². The average molecular weight is 667 g/mol. The summed E-state index contributed by atoms with van der Waals surface area (Å²) in [5.41, 5.74) is 7.00. The van der Waals surface area contributed by atoms with Crippen molar-refractivity contribution in [3.8, 4) is 5.75 Å². The fraction of sp³-hybridized carbons (Fsp3) is 0.579. The van der Waals surface area contributed by atoms with Gasteiger partial charge >= 0.3 is 0 Å². The molecular weight excluding hydrogens is 608 g/mol. The fourth-order valence-electron chi connectivity index (χ4n) is 5.64. The van der Waals surface area contributed by atoms with Crippen LogP contribution in [0.2, 0.25) is 0 Å². The van der Waals surface area contributed by atoms with Crippen LogP contribution in [0.15, 0.2) is 54.6 Å². The minimum absolute atomic E-state index is 0.0493. The lowest BCUT2D eigenvalue weighted by Gasteiger charge is -2.26. The summed E-state index contributed by atoms with van der Waals surface area (Å²) in [4.78, 5) is 51.8.